The average molecular weight is 213 g/mol. The van der Waals surface area contributed by atoms with E-state index in [4.69, 9.17) is 5.73 Å². The van der Waals surface area contributed by atoms with E-state index in [-0.39, 0.29) is 12.3 Å². The van der Waals surface area contributed by atoms with Crippen LogP contribution in [0.2, 0.25) is 0 Å². The molecule has 0 saturated carbocycles. The van der Waals surface area contributed by atoms with Crippen LogP contribution in [-0.4, -0.2) is 12.5 Å². The maximum Gasteiger partial charge on any atom is 0.264 e. The van der Waals surface area contributed by atoms with E-state index in [1.165, 1.54) is 0 Å². The zero-order chi connectivity index (χ0) is 11.5. The summed E-state index contributed by atoms with van der Waals surface area (Å²) in [5.74, 6) is -2.54. The quantitative estimate of drug-likeness (QED) is 0.817. The molecule has 15 heavy (non-hydrogen) atoms. The van der Waals surface area contributed by atoms with Crippen molar-refractivity contribution < 1.29 is 8.78 Å². The number of alkyl halides is 2. The van der Waals surface area contributed by atoms with Crippen molar-refractivity contribution in [2.45, 2.75) is 32.1 Å². The van der Waals surface area contributed by atoms with Gasteiger partial charge in [-0.3, -0.25) is 0 Å². The molecule has 1 aromatic carbocycles. The molecule has 0 spiro atoms. The van der Waals surface area contributed by atoms with Crippen LogP contribution in [0.4, 0.5) is 8.78 Å². The number of benzene rings is 1. The minimum absolute atomic E-state index is 0.259. The fraction of sp³-hybridized carbons (Fsp3) is 0.500. The molecular weight excluding hydrogens is 196 g/mol. The molecule has 0 heterocycles. The van der Waals surface area contributed by atoms with Gasteiger partial charge < -0.3 is 5.73 Å². The van der Waals surface area contributed by atoms with Gasteiger partial charge in [-0.2, -0.15) is 0 Å². The van der Waals surface area contributed by atoms with Gasteiger partial charge in [-0.1, -0.05) is 38.1 Å². The Labute approximate surface area is 89.3 Å². The summed E-state index contributed by atoms with van der Waals surface area (Å²) in [5, 5.41) is 0. The zero-order valence-electron chi connectivity index (χ0n) is 9.13. The third kappa shape index (κ3) is 3.27. The largest absolute Gasteiger partial charge is 0.325 e. The predicted molar refractivity (Wildman–Crippen MR) is 58.2 cm³/mol. The number of nitrogens with two attached hydrogens (primary N) is 1. The van der Waals surface area contributed by atoms with Crippen molar-refractivity contribution in [3.05, 3.63) is 35.4 Å². The number of rotatable bonds is 4. The molecule has 0 unspecified atom stereocenters. The summed E-state index contributed by atoms with van der Waals surface area (Å²) in [6, 6.07) is 7.30. The topological polar surface area (TPSA) is 26.0 Å². The third-order valence-corrected chi connectivity index (χ3v) is 2.42. The monoisotopic (exact) mass is 213 g/mol. The first kappa shape index (κ1) is 12.1. The van der Waals surface area contributed by atoms with Crippen molar-refractivity contribution in [1.29, 1.82) is 0 Å². The van der Waals surface area contributed by atoms with Crippen molar-refractivity contribution in [1.82, 2.24) is 0 Å². The molecule has 0 aromatic heterocycles. The lowest BCUT2D eigenvalue weighted by atomic mass is 9.93. The second-order valence-electron chi connectivity index (χ2n) is 4.09. The minimum Gasteiger partial charge on any atom is -0.325 e. The predicted octanol–water partition coefficient (Wildman–Crippen LogP) is 2.95. The number of hydrogen-bond acceptors (Lipinski definition) is 1. The molecule has 0 aliphatic carbocycles. The molecule has 0 fully saturated rings. The van der Waals surface area contributed by atoms with Gasteiger partial charge in [0.1, 0.15) is 0 Å². The molecule has 2 N–H and O–H groups in total. The van der Waals surface area contributed by atoms with Gasteiger partial charge >= 0.3 is 0 Å². The highest BCUT2D eigenvalue weighted by molar-refractivity contribution is 5.30. The maximum atomic E-state index is 13.2. The Bertz CT molecular complexity index is 321. The highest BCUT2D eigenvalue weighted by Gasteiger charge is 2.28. The number of hydrogen-bond donors (Lipinski definition) is 1. The molecule has 3 heteroatoms. The normalized spacial score (nSPS) is 12.1. The lowest BCUT2D eigenvalue weighted by molar-refractivity contribution is 0.0112. The van der Waals surface area contributed by atoms with Crippen LogP contribution in [0, 0.1) is 0 Å². The van der Waals surface area contributed by atoms with Crippen molar-refractivity contribution in [2.75, 3.05) is 6.54 Å². The molecule has 0 aliphatic rings. The first-order valence-electron chi connectivity index (χ1n) is 5.12. The van der Waals surface area contributed by atoms with Gasteiger partial charge in [-0.05, 0) is 17.0 Å². The Morgan fingerprint density at radius 2 is 1.87 bits per heavy atom. The van der Waals surface area contributed by atoms with Crippen molar-refractivity contribution in [3.8, 4) is 0 Å². The summed E-state index contributed by atoms with van der Waals surface area (Å²) in [6.45, 7) is 3.40. The fourth-order valence-corrected chi connectivity index (χ4v) is 1.61. The second-order valence-corrected chi connectivity index (χ2v) is 4.09. The van der Waals surface area contributed by atoms with Crippen LogP contribution in [-0.2, 0) is 6.42 Å². The Balaban J connectivity index is 2.94. The molecule has 1 nitrogen and oxygen atoms in total. The Morgan fingerprint density at radius 3 is 2.40 bits per heavy atom. The number of halogens is 2. The van der Waals surface area contributed by atoms with Gasteiger partial charge in [0.25, 0.3) is 5.92 Å². The van der Waals surface area contributed by atoms with E-state index in [2.05, 4.69) is 0 Å². The van der Waals surface area contributed by atoms with Gasteiger partial charge in [0.15, 0.2) is 0 Å². The van der Waals surface area contributed by atoms with Crippen LogP contribution in [0.25, 0.3) is 0 Å². The van der Waals surface area contributed by atoms with Crippen LogP contribution < -0.4 is 5.73 Å². The SMILES string of the molecule is CC(C)c1ccccc1CC(F)(F)CN. The van der Waals surface area contributed by atoms with E-state index < -0.39 is 12.5 Å². The molecule has 0 bridgehead atoms. The third-order valence-electron chi connectivity index (χ3n) is 2.42. The van der Waals surface area contributed by atoms with E-state index in [0.717, 1.165) is 5.56 Å². The van der Waals surface area contributed by atoms with Crippen LogP contribution in [0.5, 0.6) is 0 Å². The van der Waals surface area contributed by atoms with Crippen LogP contribution in [0.1, 0.15) is 30.9 Å². The summed E-state index contributed by atoms with van der Waals surface area (Å²) in [5.41, 5.74) is 6.70. The van der Waals surface area contributed by atoms with Crippen LogP contribution in [0.15, 0.2) is 24.3 Å². The van der Waals surface area contributed by atoms with Gasteiger partial charge in [0.05, 0.1) is 6.54 Å². The molecule has 0 amide bonds. The molecule has 84 valence electrons. The first-order valence-corrected chi connectivity index (χ1v) is 5.12. The minimum atomic E-state index is -2.80. The van der Waals surface area contributed by atoms with Crippen LogP contribution >= 0.6 is 0 Å². The second kappa shape index (κ2) is 4.71. The Kier molecular flexibility index (Phi) is 3.80. The van der Waals surface area contributed by atoms with E-state index in [1.807, 2.05) is 26.0 Å². The van der Waals surface area contributed by atoms with E-state index >= 15 is 0 Å². The smallest absolute Gasteiger partial charge is 0.264 e. The molecular formula is C12H17F2N. The van der Waals surface area contributed by atoms with E-state index in [9.17, 15) is 8.78 Å². The zero-order valence-corrected chi connectivity index (χ0v) is 9.13. The highest BCUT2D eigenvalue weighted by Crippen LogP contribution is 2.25. The summed E-state index contributed by atoms with van der Waals surface area (Å²) in [6.07, 6.45) is -0.266. The van der Waals surface area contributed by atoms with Crippen molar-refractivity contribution in [3.63, 3.8) is 0 Å². The van der Waals surface area contributed by atoms with Crippen LogP contribution in [0.3, 0.4) is 0 Å². The fourth-order valence-electron chi connectivity index (χ4n) is 1.61. The van der Waals surface area contributed by atoms with Gasteiger partial charge in [-0.25, -0.2) is 8.78 Å². The summed E-state index contributed by atoms with van der Waals surface area (Å²) < 4.78 is 26.3. The van der Waals surface area contributed by atoms with Gasteiger partial charge in [-0.15, -0.1) is 0 Å². The van der Waals surface area contributed by atoms with Crippen molar-refractivity contribution >= 4 is 0 Å². The standard InChI is InChI=1S/C12H17F2N/c1-9(2)11-6-4-3-5-10(11)7-12(13,14)8-15/h3-6,9H,7-8,15H2,1-2H3. The Morgan fingerprint density at radius 1 is 1.27 bits per heavy atom. The molecule has 0 saturated heterocycles. The first-order chi connectivity index (χ1) is 6.96. The molecule has 1 rings (SSSR count). The van der Waals surface area contributed by atoms with Gasteiger partial charge in [0.2, 0.25) is 0 Å². The molecule has 0 atom stereocenters. The lowest BCUT2D eigenvalue weighted by Gasteiger charge is -2.18. The lowest BCUT2D eigenvalue weighted by Crippen LogP contribution is -2.30. The van der Waals surface area contributed by atoms with Gasteiger partial charge in [0, 0.05) is 6.42 Å². The van der Waals surface area contributed by atoms with E-state index in [1.54, 1.807) is 12.1 Å². The molecule has 1 aromatic rings. The van der Waals surface area contributed by atoms with E-state index in [0.29, 0.717) is 5.56 Å². The average Bonchev–Trinajstić information content (AvgIpc) is 2.18. The Hall–Kier alpha value is -0.960. The summed E-state index contributed by atoms with van der Waals surface area (Å²) in [7, 11) is 0. The summed E-state index contributed by atoms with van der Waals surface area (Å²) >= 11 is 0. The molecule has 0 radical (unpaired) electrons. The van der Waals surface area contributed by atoms with Crippen molar-refractivity contribution in [2.24, 2.45) is 5.73 Å². The highest BCUT2D eigenvalue weighted by atomic mass is 19.3. The summed E-state index contributed by atoms with van der Waals surface area (Å²) in [4.78, 5) is 0. The maximum absolute atomic E-state index is 13.2. The molecule has 0 aliphatic heterocycles.